The van der Waals surface area contributed by atoms with Gasteiger partial charge in [-0.1, -0.05) is 63.7 Å². The Morgan fingerprint density at radius 2 is 0.459 bits per heavy atom. The minimum absolute atomic E-state index is 0.0788. The minimum atomic E-state index is -4.05. The van der Waals surface area contributed by atoms with Gasteiger partial charge in [0.15, 0.2) is 0 Å². The van der Waals surface area contributed by atoms with Crippen molar-refractivity contribution < 1.29 is 160 Å². The van der Waals surface area contributed by atoms with Crippen LogP contribution in [0, 0.1) is 0 Å². The topological polar surface area (TPSA) is 351 Å². The molecule has 0 aliphatic heterocycles. The summed E-state index contributed by atoms with van der Waals surface area (Å²) in [6.45, 7) is 30.4. The molecule has 657 valence electrons. The SMILES string of the molecule is C/C=C/c1cc(CCCCCCCCC)ccc1OCCOCCOCCOCCOCCOCCOCCOCCOCCOCCOCCOCCOCCOCCOCCOCCOCCOCCOCCOCCOCCOCCOCCOCCOCCOCCOCCOCCOCCO[S+]([O])(=O)O[NH3+]. The van der Waals surface area contributed by atoms with Gasteiger partial charge in [-0.25, -0.2) is 0 Å². The van der Waals surface area contributed by atoms with E-state index in [-0.39, 0.29) is 19.8 Å². The van der Waals surface area contributed by atoms with Gasteiger partial charge >= 0.3 is 10.8 Å². The Kier molecular flexibility index (Phi) is 89.5. The molecule has 1 rings (SSSR count). The van der Waals surface area contributed by atoms with E-state index in [2.05, 4.69) is 51.6 Å². The molecule has 0 spiro atoms. The Bertz CT molecular complexity index is 2030. The highest BCUT2D eigenvalue weighted by molar-refractivity contribution is 7.88. The Labute approximate surface area is 664 Å². The summed E-state index contributed by atoms with van der Waals surface area (Å²) in [4.78, 5) is 0. The third-order valence-electron chi connectivity index (χ3n) is 14.6. The summed E-state index contributed by atoms with van der Waals surface area (Å²) in [7, 11) is -4.05. The summed E-state index contributed by atoms with van der Waals surface area (Å²) in [6, 6.07) is 6.53. The zero-order valence-corrected chi connectivity index (χ0v) is 68.5. The Morgan fingerprint density at radius 3 is 0.658 bits per heavy atom. The molecule has 0 saturated heterocycles. The lowest BCUT2D eigenvalue weighted by atomic mass is 10.0. The lowest BCUT2D eigenvalue weighted by Gasteiger charge is -2.12. The first-order valence-corrected chi connectivity index (χ1v) is 41.2. The summed E-state index contributed by atoms with van der Waals surface area (Å²) in [6.07, 6.45) is 14.5. The number of aryl methyl sites for hydroxylation is 1. The van der Waals surface area contributed by atoms with Gasteiger partial charge in [0.05, 0.1) is 374 Å². The molecule has 0 saturated carbocycles. The molecule has 0 amide bonds. The predicted molar refractivity (Wildman–Crippen MR) is 410 cm³/mol. The first kappa shape index (κ1) is 107. The van der Waals surface area contributed by atoms with Gasteiger partial charge < -0.3 is 137 Å². The molecular formula is C76H146NO33S+2. The maximum Gasteiger partial charge on any atom is 0.597 e. The number of rotatable bonds is 99. The number of hydrogen-bond acceptors (Lipinski definition) is 32. The third-order valence-corrected chi connectivity index (χ3v) is 15.4. The standard InChI is InChI=1S/C76H146NO33S/c1-3-5-6-7-8-9-10-12-74-13-14-76(75(73-74)11-4-2)108-71-69-106-67-65-104-63-61-102-59-57-100-55-53-98-51-49-96-47-45-94-43-41-92-39-37-90-35-33-88-31-29-86-27-25-84-23-21-82-19-17-80-15-16-81-18-20-83-22-24-85-26-28-87-30-32-89-34-36-91-38-40-93-42-44-95-46-48-97-50-52-99-54-56-101-58-60-103-62-64-105-66-68-107-70-72-109-111(78,79)110-77/h4,11,13-14,73H,3,5-10,12,15-72H2,1-2,77H3/q+2/b11-4+. The predicted octanol–water partition coefficient (Wildman–Crippen LogP) is 4.72. The lowest BCUT2D eigenvalue weighted by molar-refractivity contribution is -0.640. The van der Waals surface area contributed by atoms with E-state index in [0.717, 1.165) is 17.7 Å². The number of unbranched alkanes of at least 4 members (excludes halogenated alkanes) is 6. The monoisotopic (exact) mass is 1630 g/mol. The van der Waals surface area contributed by atoms with Crippen LogP contribution in [0.1, 0.15) is 69.9 Å². The van der Waals surface area contributed by atoms with Crippen molar-refractivity contribution in [2.75, 3.05) is 383 Å². The van der Waals surface area contributed by atoms with Crippen LogP contribution in [0.15, 0.2) is 24.3 Å². The average Bonchev–Trinajstić information content (AvgIpc) is 0.865. The van der Waals surface area contributed by atoms with Crippen molar-refractivity contribution in [3.63, 3.8) is 0 Å². The minimum Gasteiger partial charge on any atom is -0.491 e. The second-order valence-electron chi connectivity index (χ2n) is 23.6. The molecule has 1 radical (unpaired) electrons. The van der Waals surface area contributed by atoms with Gasteiger partial charge in [0.2, 0.25) is 0 Å². The second kappa shape index (κ2) is 93.1. The van der Waals surface area contributed by atoms with Crippen molar-refractivity contribution in [3.8, 4) is 5.75 Å². The highest BCUT2D eigenvalue weighted by Gasteiger charge is 2.35. The molecule has 34 nitrogen and oxygen atoms in total. The first-order chi connectivity index (χ1) is 55.0. The number of ether oxygens (including phenoxy) is 29. The fourth-order valence-electron chi connectivity index (χ4n) is 8.96. The van der Waals surface area contributed by atoms with Crippen LogP contribution in [0.4, 0.5) is 0 Å². The second-order valence-corrected chi connectivity index (χ2v) is 24.9. The van der Waals surface area contributed by atoms with E-state index in [1.165, 1.54) is 50.5 Å². The molecule has 111 heavy (non-hydrogen) atoms. The summed E-state index contributed by atoms with van der Waals surface area (Å²) in [5, 5.41) is 0. The summed E-state index contributed by atoms with van der Waals surface area (Å²) in [5.74, 6) is 3.67. The molecule has 0 heterocycles. The molecule has 3 N–H and O–H groups in total. The molecule has 1 aromatic rings. The van der Waals surface area contributed by atoms with Crippen LogP contribution >= 0.6 is 0 Å². The molecule has 0 fully saturated rings. The number of benzene rings is 1. The van der Waals surface area contributed by atoms with E-state index in [9.17, 15) is 8.76 Å². The van der Waals surface area contributed by atoms with E-state index in [1.807, 2.05) is 6.92 Å². The quantitative estimate of drug-likeness (QED) is 0.0523. The molecular weight excluding hydrogens is 1490 g/mol. The van der Waals surface area contributed by atoms with Crippen molar-refractivity contribution in [1.29, 1.82) is 0 Å². The van der Waals surface area contributed by atoms with Crippen molar-refractivity contribution in [3.05, 3.63) is 35.4 Å². The summed E-state index contributed by atoms with van der Waals surface area (Å²) >= 11 is 0. The van der Waals surface area contributed by atoms with Gasteiger partial charge in [0.25, 0.3) is 0 Å². The van der Waals surface area contributed by atoms with E-state index in [4.69, 9.17) is 137 Å². The average molecular weight is 1630 g/mol. The van der Waals surface area contributed by atoms with Crippen LogP contribution in [-0.2, 0) is 167 Å². The fraction of sp³-hybridized carbons (Fsp3) is 0.895. The number of allylic oxidation sites excluding steroid dienone is 1. The number of hydrogen-bond donors (Lipinski definition) is 1. The summed E-state index contributed by atoms with van der Waals surface area (Å²) < 4.78 is 191. The van der Waals surface area contributed by atoms with Crippen molar-refractivity contribution in [2.24, 2.45) is 0 Å². The zero-order chi connectivity index (χ0) is 79.4. The van der Waals surface area contributed by atoms with Crippen molar-refractivity contribution >= 4 is 16.9 Å². The van der Waals surface area contributed by atoms with E-state index in [1.54, 1.807) is 0 Å². The van der Waals surface area contributed by atoms with Gasteiger partial charge in [0, 0.05) is 9.77 Å². The normalized spacial score (nSPS) is 12.4. The molecule has 35 heteroatoms. The maximum atomic E-state index is 10.9. The summed E-state index contributed by atoms with van der Waals surface area (Å²) in [5.41, 5.74) is 2.48. The van der Waals surface area contributed by atoms with E-state index >= 15 is 0 Å². The van der Waals surface area contributed by atoms with Crippen LogP contribution in [-0.4, -0.2) is 383 Å². The van der Waals surface area contributed by atoms with Crippen molar-refractivity contribution in [2.45, 2.75) is 65.2 Å². The van der Waals surface area contributed by atoms with E-state index in [0.29, 0.717) is 363 Å². The molecule has 0 aliphatic rings. The van der Waals surface area contributed by atoms with E-state index < -0.39 is 10.8 Å². The van der Waals surface area contributed by atoms with Gasteiger partial charge in [-0.2, -0.15) is 5.90 Å². The molecule has 1 unspecified atom stereocenters. The highest BCUT2D eigenvalue weighted by atomic mass is 32.3. The Hall–Kier alpha value is -2.37. The van der Waals surface area contributed by atoms with Crippen LogP contribution in [0.25, 0.3) is 6.08 Å². The third kappa shape index (κ3) is 86.8. The molecule has 0 aromatic heterocycles. The van der Waals surface area contributed by atoms with Crippen molar-refractivity contribution in [1.82, 2.24) is 0 Å². The largest absolute Gasteiger partial charge is 0.597 e. The van der Waals surface area contributed by atoms with Crippen LogP contribution in [0.3, 0.4) is 0 Å². The molecule has 0 aliphatic carbocycles. The Morgan fingerprint density at radius 1 is 0.270 bits per heavy atom. The molecule has 0 bridgehead atoms. The zero-order valence-electron chi connectivity index (χ0n) is 67.6. The van der Waals surface area contributed by atoms with Gasteiger partial charge in [-0.05, 0) is 37.5 Å². The molecule has 1 aromatic carbocycles. The number of quaternary nitrogens is 1. The van der Waals surface area contributed by atoms with Gasteiger partial charge in [-0.3, -0.25) is 0 Å². The lowest BCUT2D eigenvalue weighted by Crippen LogP contribution is -2.53. The molecule has 1 atom stereocenters. The van der Waals surface area contributed by atoms with Gasteiger partial charge in [-0.15, -0.1) is 4.18 Å². The van der Waals surface area contributed by atoms with Gasteiger partial charge in [0.1, 0.15) is 23.5 Å². The highest BCUT2D eigenvalue weighted by Crippen LogP contribution is 2.23. The first-order valence-electron chi connectivity index (χ1n) is 39.9. The Balaban J connectivity index is 1.62. The van der Waals surface area contributed by atoms with Crippen LogP contribution in [0.2, 0.25) is 0 Å². The van der Waals surface area contributed by atoms with Crippen LogP contribution in [0.5, 0.6) is 5.75 Å². The smallest absolute Gasteiger partial charge is 0.491 e. The maximum absolute atomic E-state index is 10.9. The van der Waals surface area contributed by atoms with Crippen LogP contribution < -0.4 is 10.6 Å². The fourth-order valence-corrected chi connectivity index (χ4v) is 9.30.